The summed E-state index contributed by atoms with van der Waals surface area (Å²) in [5.74, 6) is 0.0234. The predicted molar refractivity (Wildman–Crippen MR) is 138 cm³/mol. The molecule has 0 heterocycles. The molecule has 0 spiro atoms. The van der Waals surface area contributed by atoms with E-state index in [0.717, 1.165) is 11.1 Å². The van der Waals surface area contributed by atoms with Gasteiger partial charge in [-0.05, 0) is 54.5 Å². The van der Waals surface area contributed by atoms with E-state index < -0.39 is 10.0 Å². The standard InChI is InChI=1S/C27H26N2O5S/c1-20-7-6-8-21(17-20)12-15-24(30)19-23(14-11-22-13-16-26(31)27(18-22)34-2)28-29-35(32,33)25-9-4-3-5-10-25/h3-18,29,31H,19H2,1-2H3/b14-11+,15-12+,28-23+. The van der Waals surface area contributed by atoms with Gasteiger partial charge in [0.25, 0.3) is 10.0 Å². The number of ether oxygens (including phenoxy) is 1. The number of hydrogen-bond donors (Lipinski definition) is 2. The zero-order valence-electron chi connectivity index (χ0n) is 19.4. The molecule has 35 heavy (non-hydrogen) atoms. The summed E-state index contributed by atoms with van der Waals surface area (Å²) in [5.41, 5.74) is 2.83. The fourth-order valence-electron chi connectivity index (χ4n) is 3.10. The van der Waals surface area contributed by atoms with Crippen molar-refractivity contribution in [3.05, 3.63) is 102 Å². The van der Waals surface area contributed by atoms with E-state index >= 15 is 0 Å². The van der Waals surface area contributed by atoms with Gasteiger partial charge in [0, 0.05) is 0 Å². The molecule has 0 radical (unpaired) electrons. The number of allylic oxidation sites excluding steroid dienone is 2. The minimum Gasteiger partial charge on any atom is -0.504 e. The summed E-state index contributed by atoms with van der Waals surface area (Å²) in [7, 11) is -2.47. The van der Waals surface area contributed by atoms with Crippen molar-refractivity contribution in [1.29, 1.82) is 0 Å². The van der Waals surface area contributed by atoms with Crippen LogP contribution in [-0.4, -0.2) is 32.1 Å². The number of carbonyl (C=O) groups excluding carboxylic acids is 1. The smallest absolute Gasteiger partial charge is 0.276 e. The number of sulfonamides is 1. The number of hydrazone groups is 1. The van der Waals surface area contributed by atoms with Crippen LogP contribution in [0.1, 0.15) is 23.1 Å². The monoisotopic (exact) mass is 490 g/mol. The summed E-state index contributed by atoms with van der Waals surface area (Å²) in [5, 5.41) is 13.8. The van der Waals surface area contributed by atoms with Crippen LogP contribution in [0.3, 0.4) is 0 Å². The first kappa shape index (κ1) is 25.5. The minimum absolute atomic E-state index is 0.00868. The van der Waals surface area contributed by atoms with Gasteiger partial charge < -0.3 is 9.84 Å². The predicted octanol–water partition coefficient (Wildman–Crippen LogP) is 4.73. The van der Waals surface area contributed by atoms with E-state index in [1.165, 1.54) is 37.5 Å². The molecule has 0 atom stereocenters. The average molecular weight is 491 g/mol. The summed E-state index contributed by atoms with van der Waals surface area (Å²) in [4.78, 5) is 14.9. The molecule has 2 N–H and O–H groups in total. The Balaban J connectivity index is 1.84. The van der Waals surface area contributed by atoms with Crippen LogP contribution in [0.4, 0.5) is 0 Å². The van der Waals surface area contributed by atoms with Gasteiger partial charge in [-0.2, -0.15) is 18.4 Å². The highest BCUT2D eigenvalue weighted by Crippen LogP contribution is 2.26. The molecule has 0 saturated carbocycles. The first-order chi connectivity index (χ1) is 16.8. The molecule has 0 aliphatic heterocycles. The normalized spacial score (nSPS) is 12.2. The molecule has 0 fully saturated rings. The zero-order chi connectivity index (χ0) is 25.3. The third-order valence-electron chi connectivity index (χ3n) is 4.89. The number of nitrogens with zero attached hydrogens (tertiary/aromatic N) is 1. The lowest BCUT2D eigenvalue weighted by Gasteiger charge is -2.06. The average Bonchev–Trinajstić information content (AvgIpc) is 2.86. The maximum absolute atomic E-state index is 12.6. The van der Waals surface area contributed by atoms with Crippen molar-refractivity contribution in [2.24, 2.45) is 5.10 Å². The second kappa shape index (κ2) is 11.8. The SMILES string of the molecule is COc1cc(/C=C/C(CC(=O)/C=C/c2cccc(C)c2)=N\NS(=O)(=O)c2ccccc2)ccc1O. The third kappa shape index (κ3) is 7.68. The van der Waals surface area contributed by atoms with Crippen molar-refractivity contribution in [1.82, 2.24) is 4.83 Å². The summed E-state index contributed by atoms with van der Waals surface area (Å²) >= 11 is 0. The van der Waals surface area contributed by atoms with E-state index in [0.29, 0.717) is 5.56 Å². The van der Waals surface area contributed by atoms with Gasteiger partial charge in [0.15, 0.2) is 17.3 Å². The van der Waals surface area contributed by atoms with Crippen LogP contribution in [0.2, 0.25) is 0 Å². The van der Waals surface area contributed by atoms with E-state index in [-0.39, 0.29) is 34.3 Å². The molecule has 0 aliphatic rings. The van der Waals surface area contributed by atoms with Gasteiger partial charge in [0.2, 0.25) is 0 Å². The maximum Gasteiger partial charge on any atom is 0.276 e. The number of benzene rings is 3. The van der Waals surface area contributed by atoms with Gasteiger partial charge in [-0.3, -0.25) is 4.79 Å². The highest BCUT2D eigenvalue weighted by molar-refractivity contribution is 7.89. The Morgan fingerprint density at radius 3 is 2.40 bits per heavy atom. The third-order valence-corrected chi connectivity index (χ3v) is 6.12. The lowest BCUT2D eigenvalue weighted by atomic mass is 10.1. The number of ketones is 1. The van der Waals surface area contributed by atoms with Gasteiger partial charge in [0.05, 0.1) is 24.1 Å². The lowest BCUT2D eigenvalue weighted by molar-refractivity contribution is -0.113. The van der Waals surface area contributed by atoms with Gasteiger partial charge in [-0.1, -0.05) is 66.2 Å². The molecule has 3 aromatic rings. The van der Waals surface area contributed by atoms with Crippen LogP contribution in [0.5, 0.6) is 11.5 Å². The number of nitrogens with one attached hydrogen (secondary N) is 1. The second-order valence-corrected chi connectivity index (χ2v) is 9.33. The largest absolute Gasteiger partial charge is 0.504 e. The summed E-state index contributed by atoms with van der Waals surface area (Å²) < 4.78 is 30.3. The number of phenols is 1. The van der Waals surface area contributed by atoms with Crippen LogP contribution in [0, 0.1) is 6.92 Å². The number of phenolic OH excluding ortho intramolecular Hbond substituents is 1. The van der Waals surface area contributed by atoms with Gasteiger partial charge in [0.1, 0.15) is 0 Å². The molecule has 0 aliphatic carbocycles. The van der Waals surface area contributed by atoms with E-state index in [1.54, 1.807) is 42.5 Å². The number of carbonyl (C=O) groups is 1. The van der Waals surface area contributed by atoms with Crippen molar-refractivity contribution in [3.8, 4) is 11.5 Å². The Morgan fingerprint density at radius 1 is 0.971 bits per heavy atom. The fraction of sp³-hybridized carbons (Fsp3) is 0.111. The number of hydrogen-bond acceptors (Lipinski definition) is 6. The van der Waals surface area contributed by atoms with Crippen LogP contribution >= 0.6 is 0 Å². The first-order valence-corrected chi connectivity index (χ1v) is 12.2. The minimum atomic E-state index is -3.90. The Hall–Kier alpha value is -4.17. The van der Waals surface area contributed by atoms with Crippen molar-refractivity contribution in [2.45, 2.75) is 18.2 Å². The van der Waals surface area contributed by atoms with Crippen molar-refractivity contribution < 1.29 is 23.1 Å². The van der Waals surface area contributed by atoms with Crippen molar-refractivity contribution >= 4 is 33.7 Å². The highest BCUT2D eigenvalue weighted by atomic mass is 32.2. The lowest BCUT2D eigenvalue weighted by Crippen LogP contribution is -2.20. The number of aromatic hydroxyl groups is 1. The van der Waals surface area contributed by atoms with Gasteiger partial charge in [-0.15, -0.1) is 0 Å². The maximum atomic E-state index is 12.6. The molecule has 0 amide bonds. The quantitative estimate of drug-likeness (QED) is 0.243. The molecule has 0 saturated heterocycles. The molecule has 8 heteroatoms. The van der Waals surface area contributed by atoms with E-state index in [4.69, 9.17) is 4.74 Å². The summed E-state index contributed by atoms with van der Waals surface area (Å²) in [6.07, 6.45) is 6.20. The highest BCUT2D eigenvalue weighted by Gasteiger charge is 2.13. The Labute approximate surface area is 205 Å². The molecular formula is C27H26N2O5S. The van der Waals surface area contributed by atoms with Crippen molar-refractivity contribution in [2.75, 3.05) is 7.11 Å². The number of methoxy groups -OCH3 is 1. The van der Waals surface area contributed by atoms with E-state index in [1.807, 2.05) is 31.2 Å². The van der Waals surface area contributed by atoms with Crippen LogP contribution < -0.4 is 9.57 Å². The topological polar surface area (TPSA) is 105 Å². The molecule has 7 nitrogen and oxygen atoms in total. The molecule has 3 rings (SSSR count). The zero-order valence-corrected chi connectivity index (χ0v) is 20.2. The van der Waals surface area contributed by atoms with Gasteiger partial charge in [-0.25, -0.2) is 0 Å². The first-order valence-electron chi connectivity index (χ1n) is 10.7. The summed E-state index contributed by atoms with van der Waals surface area (Å²) in [6, 6.07) is 20.3. The van der Waals surface area contributed by atoms with Crippen molar-refractivity contribution in [3.63, 3.8) is 0 Å². The number of aryl methyl sites for hydroxylation is 1. The Kier molecular flexibility index (Phi) is 8.58. The second-order valence-electron chi connectivity index (χ2n) is 7.67. The van der Waals surface area contributed by atoms with E-state index in [2.05, 4.69) is 9.93 Å². The molecular weight excluding hydrogens is 464 g/mol. The fourth-order valence-corrected chi connectivity index (χ4v) is 3.96. The Bertz CT molecular complexity index is 1380. The molecule has 0 aromatic heterocycles. The van der Waals surface area contributed by atoms with Crippen LogP contribution in [0.25, 0.3) is 12.2 Å². The van der Waals surface area contributed by atoms with Gasteiger partial charge >= 0.3 is 0 Å². The molecule has 180 valence electrons. The summed E-state index contributed by atoms with van der Waals surface area (Å²) in [6.45, 7) is 1.96. The number of rotatable bonds is 10. The Morgan fingerprint density at radius 2 is 1.69 bits per heavy atom. The van der Waals surface area contributed by atoms with Crippen LogP contribution in [-0.2, 0) is 14.8 Å². The molecule has 3 aromatic carbocycles. The molecule has 0 bridgehead atoms. The van der Waals surface area contributed by atoms with Crippen LogP contribution in [0.15, 0.2) is 94.9 Å². The van der Waals surface area contributed by atoms with E-state index in [9.17, 15) is 18.3 Å². The molecule has 0 unspecified atom stereocenters.